The maximum absolute atomic E-state index is 10.9. The number of aliphatic hydroxyl groups excluding tert-OH is 2. The lowest BCUT2D eigenvalue weighted by molar-refractivity contribution is -0.0304. The van der Waals surface area contributed by atoms with Gasteiger partial charge in [0.1, 0.15) is 6.10 Å². The van der Waals surface area contributed by atoms with E-state index in [1.807, 2.05) is 12.4 Å². The summed E-state index contributed by atoms with van der Waals surface area (Å²) in [4.78, 5) is 4.35. The fourth-order valence-electron chi connectivity index (χ4n) is 9.27. The third kappa shape index (κ3) is 2.50. The van der Waals surface area contributed by atoms with Gasteiger partial charge in [0.25, 0.3) is 0 Å². The van der Waals surface area contributed by atoms with Crippen LogP contribution in [-0.4, -0.2) is 33.4 Å². The molecule has 1 aromatic carbocycles. The molecule has 0 amide bonds. The first-order valence-electron chi connectivity index (χ1n) is 12.7. The average Bonchev–Trinajstić information content (AvgIpc) is 3.33. The summed E-state index contributed by atoms with van der Waals surface area (Å²) in [6.07, 6.45) is 14.7. The van der Waals surface area contributed by atoms with Gasteiger partial charge in [-0.1, -0.05) is 31.2 Å². The van der Waals surface area contributed by atoms with Crippen LogP contribution in [-0.2, 0) is 0 Å². The molecule has 0 radical (unpaired) electrons. The number of nitrogens with two attached hydrogens (primary N) is 1. The molecule has 1 aromatic heterocycles. The van der Waals surface area contributed by atoms with Gasteiger partial charge in [-0.25, -0.2) is 0 Å². The molecule has 5 aliphatic rings. The van der Waals surface area contributed by atoms with E-state index in [1.165, 1.54) is 41.2 Å². The van der Waals surface area contributed by atoms with Gasteiger partial charge in [0.05, 0.1) is 6.10 Å². The van der Waals surface area contributed by atoms with Crippen molar-refractivity contribution in [2.75, 3.05) is 0 Å². The van der Waals surface area contributed by atoms with Crippen LogP contribution in [0.25, 0.3) is 10.8 Å². The molecule has 8 atom stereocenters. The zero-order valence-electron chi connectivity index (χ0n) is 19.4. The Morgan fingerprint density at radius 2 is 1.97 bits per heavy atom. The van der Waals surface area contributed by atoms with Crippen molar-refractivity contribution in [3.63, 3.8) is 0 Å². The second kappa shape index (κ2) is 6.56. The smallest absolute Gasteiger partial charge is 0.103 e. The number of hydrogen-bond acceptors (Lipinski definition) is 4. The number of aliphatic hydroxyl groups is 2. The molecule has 3 saturated carbocycles. The molecule has 2 spiro atoms. The predicted octanol–water partition coefficient (Wildman–Crippen LogP) is 4.61. The van der Waals surface area contributed by atoms with Crippen LogP contribution in [0.4, 0.5) is 0 Å². The fraction of sp³-hybridized carbons (Fsp3) is 0.552. The molecule has 2 bridgehead atoms. The third-order valence-corrected chi connectivity index (χ3v) is 10.7. The molecular weight excluding hydrogens is 408 g/mol. The van der Waals surface area contributed by atoms with Crippen LogP contribution in [0.2, 0.25) is 0 Å². The number of rotatable bonds is 1. The number of nitrogens with zero attached hydrogens (tertiary/aromatic N) is 1. The van der Waals surface area contributed by atoms with E-state index in [9.17, 15) is 10.2 Å². The van der Waals surface area contributed by atoms with Gasteiger partial charge in [0.15, 0.2) is 0 Å². The summed E-state index contributed by atoms with van der Waals surface area (Å²) in [5.74, 6) is 1.21. The van der Waals surface area contributed by atoms with E-state index in [2.05, 4.69) is 48.3 Å². The number of aromatic nitrogens is 1. The molecular formula is C29H34N2O2. The van der Waals surface area contributed by atoms with Crippen LogP contribution in [0, 0.1) is 22.2 Å². The summed E-state index contributed by atoms with van der Waals surface area (Å²) >= 11 is 0. The van der Waals surface area contributed by atoms with E-state index in [1.54, 1.807) is 0 Å². The lowest BCUT2D eigenvalue weighted by Crippen LogP contribution is -2.56. The number of benzene rings is 1. The normalized spacial score (nSPS) is 45.8. The molecule has 0 aliphatic heterocycles. The topological polar surface area (TPSA) is 79.4 Å². The number of hydrogen-bond donors (Lipinski definition) is 3. The highest BCUT2D eigenvalue weighted by Crippen LogP contribution is 2.75. The first kappa shape index (κ1) is 20.4. The minimum Gasteiger partial charge on any atom is -0.388 e. The Hall–Kier alpha value is -2.01. The molecule has 4 N–H and O–H groups in total. The third-order valence-electron chi connectivity index (χ3n) is 10.7. The van der Waals surface area contributed by atoms with E-state index >= 15 is 0 Å². The van der Waals surface area contributed by atoms with Gasteiger partial charge in [-0.3, -0.25) is 4.98 Å². The molecule has 7 rings (SSSR count). The van der Waals surface area contributed by atoms with E-state index in [0.29, 0.717) is 11.8 Å². The van der Waals surface area contributed by atoms with Crippen molar-refractivity contribution in [2.45, 2.75) is 76.0 Å². The predicted molar refractivity (Wildman–Crippen MR) is 129 cm³/mol. The molecule has 0 saturated heterocycles. The Kier molecular flexibility index (Phi) is 4.05. The van der Waals surface area contributed by atoms with Gasteiger partial charge < -0.3 is 15.9 Å². The van der Waals surface area contributed by atoms with Gasteiger partial charge in [-0.15, -0.1) is 0 Å². The summed E-state index contributed by atoms with van der Waals surface area (Å²) < 4.78 is 0. The SMILES string of the molecule is C[C@]12CC=C3C=C4[C@@H](O)[C@H](O)[C@@H](N)C[C@]45CC[C@]3(C5)[C@@H]1CC[C@@H]2c1ccc2ccncc2c1. The Balaban J connectivity index is 1.31. The minimum atomic E-state index is -0.845. The van der Waals surface area contributed by atoms with Crippen LogP contribution >= 0.6 is 0 Å². The van der Waals surface area contributed by atoms with Crippen molar-refractivity contribution in [3.8, 4) is 0 Å². The molecule has 33 heavy (non-hydrogen) atoms. The summed E-state index contributed by atoms with van der Waals surface area (Å²) in [7, 11) is 0. The number of pyridine rings is 1. The summed E-state index contributed by atoms with van der Waals surface area (Å²) in [6, 6.07) is 8.75. The highest BCUT2D eigenvalue weighted by Gasteiger charge is 2.66. The molecule has 5 aliphatic carbocycles. The van der Waals surface area contributed by atoms with Crippen molar-refractivity contribution >= 4 is 10.8 Å². The van der Waals surface area contributed by atoms with E-state index in [4.69, 9.17) is 5.73 Å². The lowest BCUT2D eigenvalue weighted by atomic mass is 9.49. The minimum absolute atomic E-state index is 0.0274. The van der Waals surface area contributed by atoms with Crippen LogP contribution in [0.5, 0.6) is 0 Å². The van der Waals surface area contributed by atoms with E-state index < -0.39 is 12.2 Å². The molecule has 3 fully saturated rings. The van der Waals surface area contributed by atoms with Crippen molar-refractivity contribution in [1.82, 2.24) is 4.98 Å². The van der Waals surface area contributed by atoms with E-state index in [-0.39, 0.29) is 22.3 Å². The summed E-state index contributed by atoms with van der Waals surface area (Å²) in [5.41, 5.74) is 10.7. The number of fused-ring (bicyclic) bond motifs is 2. The van der Waals surface area contributed by atoms with Crippen LogP contribution in [0.1, 0.15) is 63.4 Å². The summed E-state index contributed by atoms with van der Waals surface area (Å²) in [5, 5.41) is 23.9. The van der Waals surface area contributed by atoms with Crippen molar-refractivity contribution in [3.05, 3.63) is 65.5 Å². The Morgan fingerprint density at radius 1 is 1.09 bits per heavy atom. The van der Waals surface area contributed by atoms with Crippen LogP contribution in [0.3, 0.4) is 0 Å². The maximum Gasteiger partial charge on any atom is 0.103 e. The average molecular weight is 443 g/mol. The quantitative estimate of drug-likeness (QED) is 0.602. The second-order valence-electron chi connectivity index (χ2n) is 12.1. The largest absolute Gasteiger partial charge is 0.388 e. The first-order valence-corrected chi connectivity index (χ1v) is 12.7. The monoisotopic (exact) mass is 442 g/mol. The van der Waals surface area contributed by atoms with Gasteiger partial charge in [0.2, 0.25) is 0 Å². The van der Waals surface area contributed by atoms with Gasteiger partial charge in [0, 0.05) is 23.8 Å². The van der Waals surface area contributed by atoms with Crippen LogP contribution in [0.15, 0.2) is 60.0 Å². The van der Waals surface area contributed by atoms with Crippen molar-refractivity contribution < 1.29 is 10.2 Å². The lowest BCUT2D eigenvalue weighted by Gasteiger charge is -2.55. The fourth-order valence-corrected chi connectivity index (χ4v) is 9.27. The maximum atomic E-state index is 10.9. The van der Waals surface area contributed by atoms with Gasteiger partial charge in [-0.2, -0.15) is 0 Å². The van der Waals surface area contributed by atoms with Gasteiger partial charge >= 0.3 is 0 Å². The highest BCUT2D eigenvalue weighted by atomic mass is 16.3. The zero-order valence-corrected chi connectivity index (χ0v) is 19.4. The standard InChI is InChI=1S/C29H34N2O2/c1-27-8-6-20-13-22-25(32)26(33)23(30)14-28(22)9-10-29(20,16-28)24(27)5-4-21(27)18-3-2-17-7-11-31-15-19(17)12-18/h2-3,6-7,11-13,15,21,23-26,32-33H,4-5,8-10,14,16,30H2,1H3/t21-,23+,24-,25-,26-,27-,28+,29-/m1/s1. The Morgan fingerprint density at radius 3 is 2.85 bits per heavy atom. The molecule has 2 aromatic rings. The molecule has 4 nitrogen and oxygen atoms in total. The van der Waals surface area contributed by atoms with Gasteiger partial charge in [-0.05, 0) is 107 Å². The molecule has 4 heteroatoms. The molecule has 1 heterocycles. The van der Waals surface area contributed by atoms with E-state index in [0.717, 1.165) is 31.3 Å². The van der Waals surface area contributed by atoms with Crippen molar-refractivity contribution in [2.24, 2.45) is 27.9 Å². The first-order chi connectivity index (χ1) is 15.9. The molecule has 172 valence electrons. The Bertz CT molecular complexity index is 1220. The van der Waals surface area contributed by atoms with Crippen molar-refractivity contribution in [1.29, 1.82) is 0 Å². The second-order valence-corrected chi connectivity index (χ2v) is 12.1. The summed E-state index contributed by atoms with van der Waals surface area (Å²) in [6.45, 7) is 2.54. The highest BCUT2D eigenvalue weighted by molar-refractivity contribution is 5.82. The zero-order chi connectivity index (χ0) is 22.6. The Labute approximate surface area is 195 Å². The van der Waals surface area contributed by atoms with Crippen LogP contribution < -0.4 is 5.73 Å². The number of allylic oxidation sites excluding steroid dienone is 3. The molecule has 0 unspecified atom stereocenters.